The van der Waals surface area contributed by atoms with E-state index in [-0.39, 0.29) is 17.5 Å². The molecule has 1 saturated heterocycles. The molecule has 1 saturated carbocycles. The monoisotopic (exact) mass is 355 g/mol. The Kier molecular flexibility index (Phi) is 4.75. The smallest absolute Gasteiger partial charge is 0.416 e. The van der Waals surface area contributed by atoms with Gasteiger partial charge in [0.15, 0.2) is 0 Å². The van der Waals surface area contributed by atoms with Crippen molar-refractivity contribution in [3.05, 3.63) is 35.4 Å². The molecule has 0 radical (unpaired) electrons. The molecule has 1 amide bonds. The normalized spacial score (nSPS) is 26.2. The summed E-state index contributed by atoms with van der Waals surface area (Å²) in [7, 11) is 1.28. The molecule has 1 aliphatic carbocycles. The van der Waals surface area contributed by atoms with Crippen LogP contribution in [-0.2, 0) is 15.7 Å². The molecule has 2 fully saturated rings. The molecule has 4 nitrogen and oxygen atoms in total. The van der Waals surface area contributed by atoms with Gasteiger partial charge in [0.1, 0.15) is 6.04 Å². The average molecular weight is 355 g/mol. The molecule has 0 aromatic heterocycles. The molecule has 7 heteroatoms. The van der Waals surface area contributed by atoms with Crippen molar-refractivity contribution in [2.75, 3.05) is 7.11 Å². The van der Waals surface area contributed by atoms with Crippen LogP contribution in [0.5, 0.6) is 0 Å². The Morgan fingerprint density at radius 2 is 1.76 bits per heavy atom. The van der Waals surface area contributed by atoms with Crippen LogP contribution in [-0.4, -0.2) is 36.0 Å². The topological polar surface area (TPSA) is 46.6 Å². The highest BCUT2D eigenvalue weighted by atomic mass is 19.4. The molecule has 0 unspecified atom stereocenters. The maximum Gasteiger partial charge on any atom is 0.416 e. The fourth-order valence-electron chi connectivity index (χ4n) is 4.05. The van der Waals surface area contributed by atoms with Crippen molar-refractivity contribution in [1.82, 2.24) is 4.90 Å². The maximum atomic E-state index is 12.9. The maximum absolute atomic E-state index is 12.9. The van der Waals surface area contributed by atoms with Crippen LogP contribution in [0.4, 0.5) is 13.2 Å². The predicted octanol–water partition coefficient (Wildman–Crippen LogP) is 3.65. The van der Waals surface area contributed by atoms with Gasteiger partial charge < -0.3 is 9.64 Å². The summed E-state index contributed by atoms with van der Waals surface area (Å²) in [5.41, 5.74) is -0.640. The Labute approximate surface area is 143 Å². The van der Waals surface area contributed by atoms with Crippen LogP contribution >= 0.6 is 0 Å². The van der Waals surface area contributed by atoms with Crippen LogP contribution in [0.25, 0.3) is 0 Å². The SMILES string of the molecule is COC(=O)[C@@H]1C[C@H]2CCCC[C@@H]2N1C(=O)c1ccc(C(F)(F)F)cc1. The molecular formula is C18H20F3NO3. The number of hydrogen-bond donors (Lipinski definition) is 0. The zero-order valence-corrected chi connectivity index (χ0v) is 13.9. The molecule has 25 heavy (non-hydrogen) atoms. The molecule has 0 spiro atoms. The number of nitrogens with zero attached hydrogens (tertiary/aromatic N) is 1. The number of hydrogen-bond acceptors (Lipinski definition) is 3. The summed E-state index contributed by atoms with van der Waals surface area (Å²) in [4.78, 5) is 26.6. The fourth-order valence-corrected chi connectivity index (χ4v) is 4.05. The predicted molar refractivity (Wildman–Crippen MR) is 83.8 cm³/mol. The fraction of sp³-hybridized carbons (Fsp3) is 0.556. The van der Waals surface area contributed by atoms with Gasteiger partial charge in [-0.1, -0.05) is 12.8 Å². The molecule has 3 rings (SSSR count). The Morgan fingerprint density at radius 3 is 2.36 bits per heavy atom. The van der Waals surface area contributed by atoms with E-state index in [2.05, 4.69) is 0 Å². The second-order valence-corrected chi connectivity index (χ2v) is 6.67. The van der Waals surface area contributed by atoms with Crippen molar-refractivity contribution < 1.29 is 27.5 Å². The van der Waals surface area contributed by atoms with E-state index in [4.69, 9.17) is 4.74 Å². The second kappa shape index (κ2) is 6.69. The summed E-state index contributed by atoms with van der Waals surface area (Å²) in [5, 5.41) is 0. The number of esters is 1. The van der Waals surface area contributed by atoms with Gasteiger partial charge in [0.05, 0.1) is 12.7 Å². The molecule has 1 aromatic rings. The Bertz CT molecular complexity index is 657. The zero-order valence-electron chi connectivity index (χ0n) is 13.9. The summed E-state index contributed by atoms with van der Waals surface area (Å²) in [6, 6.07) is 3.44. The van der Waals surface area contributed by atoms with Crippen molar-refractivity contribution in [3.8, 4) is 0 Å². The lowest BCUT2D eigenvalue weighted by Crippen LogP contribution is -2.46. The summed E-state index contributed by atoms with van der Waals surface area (Å²) in [5.74, 6) is -0.621. The molecular weight excluding hydrogens is 335 g/mol. The number of likely N-dealkylation sites (tertiary alicyclic amines) is 1. The molecule has 0 bridgehead atoms. The van der Waals surface area contributed by atoms with Gasteiger partial charge in [-0.15, -0.1) is 0 Å². The average Bonchev–Trinajstić information content (AvgIpc) is 2.99. The lowest BCUT2D eigenvalue weighted by molar-refractivity contribution is -0.145. The Morgan fingerprint density at radius 1 is 1.12 bits per heavy atom. The number of carbonyl (C=O) groups excluding carboxylic acids is 2. The van der Waals surface area contributed by atoms with Crippen LogP contribution in [0.1, 0.15) is 48.0 Å². The number of alkyl halides is 3. The van der Waals surface area contributed by atoms with Crippen LogP contribution in [0.3, 0.4) is 0 Å². The minimum atomic E-state index is -4.45. The number of rotatable bonds is 2. The van der Waals surface area contributed by atoms with Crippen molar-refractivity contribution in [3.63, 3.8) is 0 Å². The minimum Gasteiger partial charge on any atom is -0.467 e. The zero-order chi connectivity index (χ0) is 18.2. The first kappa shape index (κ1) is 17.8. The highest BCUT2D eigenvalue weighted by Gasteiger charge is 2.48. The van der Waals surface area contributed by atoms with Gasteiger partial charge in [0.2, 0.25) is 0 Å². The van der Waals surface area contributed by atoms with Gasteiger partial charge in [-0.05, 0) is 49.4 Å². The van der Waals surface area contributed by atoms with E-state index in [9.17, 15) is 22.8 Å². The molecule has 2 aliphatic rings. The Hall–Kier alpha value is -2.05. The molecule has 136 valence electrons. The second-order valence-electron chi connectivity index (χ2n) is 6.67. The van der Waals surface area contributed by atoms with Crippen molar-refractivity contribution >= 4 is 11.9 Å². The number of benzene rings is 1. The van der Waals surface area contributed by atoms with Crippen molar-refractivity contribution in [2.24, 2.45) is 5.92 Å². The molecule has 0 N–H and O–H groups in total. The summed E-state index contributed by atoms with van der Waals surface area (Å²) < 4.78 is 42.9. The van der Waals surface area contributed by atoms with Crippen LogP contribution in [0, 0.1) is 5.92 Å². The van der Waals surface area contributed by atoms with Crippen molar-refractivity contribution in [2.45, 2.75) is 50.4 Å². The van der Waals surface area contributed by atoms with Crippen LogP contribution in [0.2, 0.25) is 0 Å². The molecule has 1 aromatic carbocycles. The number of amides is 1. The van der Waals surface area contributed by atoms with Gasteiger partial charge in [0, 0.05) is 11.6 Å². The summed E-state index contributed by atoms with van der Waals surface area (Å²) in [6.07, 6.45) is -0.0787. The summed E-state index contributed by atoms with van der Waals surface area (Å²) >= 11 is 0. The van der Waals surface area contributed by atoms with E-state index in [0.29, 0.717) is 6.42 Å². The standard InChI is InChI=1S/C18H20F3NO3/c1-25-17(24)15-10-12-4-2-3-5-14(12)22(15)16(23)11-6-8-13(9-7-11)18(19,20)21/h6-9,12,14-15H,2-5,10H2,1H3/t12-,14+,15+/m1/s1. The lowest BCUT2D eigenvalue weighted by atomic mass is 9.84. The van der Waals surface area contributed by atoms with Gasteiger partial charge in [-0.2, -0.15) is 13.2 Å². The van der Waals surface area contributed by atoms with Crippen LogP contribution < -0.4 is 0 Å². The third kappa shape index (κ3) is 3.37. The Balaban J connectivity index is 1.88. The minimum absolute atomic E-state index is 0.0485. The first-order chi connectivity index (χ1) is 11.8. The molecule has 3 atom stereocenters. The van der Waals surface area contributed by atoms with E-state index in [1.807, 2.05) is 0 Å². The first-order valence-electron chi connectivity index (χ1n) is 8.40. The van der Waals surface area contributed by atoms with E-state index >= 15 is 0 Å². The molecule has 1 aliphatic heterocycles. The number of carbonyl (C=O) groups is 2. The van der Waals surface area contributed by atoms with E-state index < -0.39 is 29.7 Å². The van der Waals surface area contributed by atoms with Gasteiger partial charge in [-0.3, -0.25) is 4.79 Å². The third-order valence-electron chi connectivity index (χ3n) is 5.25. The molecule has 1 heterocycles. The third-order valence-corrected chi connectivity index (χ3v) is 5.25. The van der Waals surface area contributed by atoms with Gasteiger partial charge in [-0.25, -0.2) is 4.79 Å². The van der Waals surface area contributed by atoms with Crippen molar-refractivity contribution in [1.29, 1.82) is 0 Å². The highest BCUT2D eigenvalue weighted by molar-refractivity contribution is 5.97. The summed E-state index contributed by atoms with van der Waals surface area (Å²) in [6.45, 7) is 0. The van der Waals surface area contributed by atoms with E-state index in [0.717, 1.165) is 37.8 Å². The number of ether oxygens (including phenoxy) is 1. The number of methoxy groups -OCH3 is 1. The van der Waals surface area contributed by atoms with Gasteiger partial charge in [0.25, 0.3) is 5.91 Å². The largest absolute Gasteiger partial charge is 0.467 e. The van der Waals surface area contributed by atoms with E-state index in [1.54, 1.807) is 0 Å². The quantitative estimate of drug-likeness (QED) is 0.761. The first-order valence-corrected chi connectivity index (χ1v) is 8.40. The highest BCUT2D eigenvalue weighted by Crippen LogP contribution is 2.41. The van der Waals surface area contributed by atoms with Crippen LogP contribution in [0.15, 0.2) is 24.3 Å². The van der Waals surface area contributed by atoms with Gasteiger partial charge >= 0.3 is 12.1 Å². The number of fused-ring (bicyclic) bond motifs is 1. The lowest BCUT2D eigenvalue weighted by Gasteiger charge is -2.33. The number of halogens is 3. The van der Waals surface area contributed by atoms with E-state index in [1.165, 1.54) is 24.1 Å².